The predicted molar refractivity (Wildman–Crippen MR) is 53.2 cm³/mol. The van der Waals surface area contributed by atoms with Crippen molar-refractivity contribution in [1.29, 1.82) is 0 Å². The molecule has 0 saturated carbocycles. The third-order valence-corrected chi connectivity index (χ3v) is 2.94. The van der Waals surface area contributed by atoms with E-state index in [4.69, 9.17) is 0 Å². The zero-order chi connectivity index (χ0) is 10.8. The lowest BCUT2D eigenvalue weighted by atomic mass is 9.81. The van der Waals surface area contributed by atoms with Gasteiger partial charge in [-0.3, -0.25) is 0 Å². The quantitative estimate of drug-likeness (QED) is 0.595. The van der Waals surface area contributed by atoms with Crippen LogP contribution in [-0.2, 0) is 5.41 Å². The molecule has 78 valence electrons. The molecule has 0 amide bonds. The Bertz CT molecular complexity index is 329. The molecule has 1 N–H and O–H groups in total. The van der Waals surface area contributed by atoms with Crippen LogP contribution in [0, 0.1) is 10.1 Å². The van der Waals surface area contributed by atoms with E-state index in [0.29, 0.717) is 0 Å². The first-order valence-corrected chi connectivity index (χ1v) is 4.73. The van der Waals surface area contributed by atoms with E-state index in [2.05, 4.69) is 31.0 Å². The number of aromatic amines is 1. The molecule has 14 heavy (non-hydrogen) atoms. The zero-order valence-corrected chi connectivity index (χ0v) is 8.70. The second kappa shape index (κ2) is 3.77. The number of nitrogens with one attached hydrogen (secondary N) is 1. The zero-order valence-electron chi connectivity index (χ0n) is 8.70. The highest BCUT2D eigenvalue weighted by molar-refractivity contribution is 5.26. The van der Waals surface area contributed by atoms with Gasteiger partial charge in [-0.25, -0.2) is 0 Å². The van der Waals surface area contributed by atoms with Crippen molar-refractivity contribution in [3.05, 3.63) is 21.9 Å². The van der Waals surface area contributed by atoms with Gasteiger partial charge >= 0.3 is 5.82 Å². The summed E-state index contributed by atoms with van der Waals surface area (Å²) in [5.74, 6) is -0.0341. The summed E-state index contributed by atoms with van der Waals surface area (Å²) in [4.78, 5) is 10.00. The Labute approximate surface area is 82.7 Å². The summed E-state index contributed by atoms with van der Waals surface area (Å²) in [5.41, 5.74) is 0.708. The first-order chi connectivity index (χ1) is 6.53. The topological polar surface area (TPSA) is 71.8 Å². The van der Waals surface area contributed by atoms with Crippen molar-refractivity contribution in [3.8, 4) is 0 Å². The number of nitrogens with zero attached hydrogens (tertiary/aromatic N) is 2. The lowest BCUT2D eigenvalue weighted by Crippen LogP contribution is -2.19. The van der Waals surface area contributed by atoms with Gasteiger partial charge in [-0.2, -0.15) is 0 Å². The van der Waals surface area contributed by atoms with E-state index in [9.17, 15) is 10.1 Å². The fraction of sp³-hybridized carbons (Fsp3) is 0.667. The van der Waals surface area contributed by atoms with Gasteiger partial charge in [-0.15, -0.1) is 5.10 Å². The van der Waals surface area contributed by atoms with Crippen molar-refractivity contribution in [2.45, 2.75) is 39.0 Å². The summed E-state index contributed by atoms with van der Waals surface area (Å²) in [6.45, 7) is 6.18. The van der Waals surface area contributed by atoms with Gasteiger partial charge in [0, 0.05) is 5.41 Å². The smallest absolute Gasteiger partial charge is 0.342 e. The molecular formula is C9H15N3O2. The number of hydrogen-bond donors (Lipinski definition) is 1. The van der Waals surface area contributed by atoms with Crippen molar-refractivity contribution in [2.75, 3.05) is 0 Å². The maximum absolute atomic E-state index is 10.5. The van der Waals surface area contributed by atoms with Crippen molar-refractivity contribution >= 4 is 5.82 Å². The molecule has 0 radical (unpaired) electrons. The first kappa shape index (κ1) is 10.7. The van der Waals surface area contributed by atoms with Gasteiger partial charge in [0.25, 0.3) is 0 Å². The molecule has 0 aromatic carbocycles. The van der Waals surface area contributed by atoms with E-state index in [0.717, 1.165) is 18.5 Å². The van der Waals surface area contributed by atoms with Crippen LogP contribution in [0.1, 0.15) is 39.3 Å². The third kappa shape index (κ3) is 1.76. The fourth-order valence-electron chi connectivity index (χ4n) is 1.33. The van der Waals surface area contributed by atoms with Crippen LogP contribution in [-0.4, -0.2) is 15.1 Å². The Morgan fingerprint density at radius 3 is 2.50 bits per heavy atom. The summed E-state index contributed by atoms with van der Waals surface area (Å²) in [6, 6.07) is 1.52. The van der Waals surface area contributed by atoms with Crippen LogP contribution < -0.4 is 0 Å². The van der Waals surface area contributed by atoms with Gasteiger partial charge in [0.2, 0.25) is 0 Å². The highest BCUT2D eigenvalue weighted by Gasteiger charge is 2.27. The van der Waals surface area contributed by atoms with Crippen LogP contribution in [0.2, 0.25) is 0 Å². The largest absolute Gasteiger partial charge is 0.358 e. The third-order valence-electron chi connectivity index (χ3n) is 2.94. The molecule has 0 spiro atoms. The highest BCUT2D eigenvalue weighted by atomic mass is 16.6. The molecule has 0 bridgehead atoms. The average Bonchev–Trinajstić information content (AvgIpc) is 2.66. The van der Waals surface area contributed by atoms with E-state index in [-0.39, 0.29) is 11.2 Å². The summed E-state index contributed by atoms with van der Waals surface area (Å²) in [5, 5.41) is 16.9. The van der Waals surface area contributed by atoms with Crippen LogP contribution >= 0.6 is 0 Å². The van der Waals surface area contributed by atoms with Crippen LogP contribution in [0.25, 0.3) is 0 Å². The standard InChI is InChI=1S/C9H15N3O2/c1-4-9(3,5-2)7-6-8(11-10-7)12(13)14/h6H,4-5H2,1-3H3,(H,10,11). The average molecular weight is 197 g/mol. The van der Waals surface area contributed by atoms with E-state index < -0.39 is 4.92 Å². The lowest BCUT2D eigenvalue weighted by Gasteiger charge is -2.22. The monoisotopic (exact) mass is 197 g/mol. The molecule has 5 nitrogen and oxygen atoms in total. The van der Waals surface area contributed by atoms with Crippen molar-refractivity contribution in [1.82, 2.24) is 10.2 Å². The minimum atomic E-state index is -0.456. The van der Waals surface area contributed by atoms with Gasteiger partial charge in [0.1, 0.15) is 0 Å². The lowest BCUT2D eigenvalue weighted by molar-refractivity contribution is -0.389. The van der Waals surface area contributed by atoms with Gasteiger partial charge in [0.15, 0.2) is 0 Å². The van der Waals surface area contributed by atoms with Crippen LogP contribution in [0.3, 0.4) is 0 Å². The Balaban J connectivity index is 3.01. The molecule has 5 heteroatoms. The SMILES string of the molecule is CCC(C)(CC)c1cc([N+](=O)[O-])[nH]n1. The Morgan fingerprint density at radius 1 is 1.57 bits per heavy atom. The van der Waals surface area contributed by atoms with Crippen LogP contribution in [0.15, 0.2) is 6.07 Å². The number of nitro groups is 1. The normalized spacial score (nSPS) is 11.6. The van der Waals surface area contributed by atoms with Gasteiger partial charge in [-0.05, 0) is 17.8 Å². The van der Waals surface area contributed by atoms with Gasteiger partial charge in [0.05, 0.1) is 11.8 Å². The molecule has 0 saturated heterocycles. The summed E-state index contributed by atoms with van der Waals surface area (Å²) in [7, 11) is 0. The predicted octanol–water partition coefficient (Wildman–Crippen LogP) is 2.40. The molecule has 0 aliphatic rings. The number of rotatable bonds is 4. The Hall–Kier alpha value is -1.39. The van der Waals surface area contributed by atoms with E-state index >= 15 is 0 Å². The van der Waals surface area contributed by atoms with Crippen LogP contribution in [0.4, 0.5) is 5.82 Å². The van der Waals surface area contributed by atoms with Crippen molar-refractivity contribution in [2.24, 2.45) is 0 Å². The number of hydrogen-bond acceptors (Lipinski definition) is 3. The maximum Gasteiger partial charge on any atom is 0.342 e. The minimum absolute atomic E-state index is 0.0341. The van der Waals surface area contributed by atoms with E-state index in [1.807, 2.05) is 0 Å². The molecule has 0 fully saturated rings. The van der Waals surface area contributed by atoms with E-state index in [1.54, 1.807) is 0 Å². The molecule has 1 rings (SSSR count). The molecular weight excluding hydrogens is 182 g/mol. The first-order valence-electron chi connectivity index (χ1n) is 4.73. The molecule has 0 aliphatic heterocycles. The minimum Gasteiger partial charge on any atom is -0.358 e. The summed E-state index contributed by atoms with van der Waals surface area (Å²) >= 11 is 0. The van der Waals surface area contributed by atoms with Gasteiger partial charge in [-0.1, -0.05) is 25.9 Å². The maximum atomic E-state index is 10.5. The summed E-state index contributed by atoms with van der Waals surface area (Å²) in [6.07, 6.45) is 1.84. The molecule has 1 aromatic rings. The summed E-state index contributed by atoms with van der Waals surface area (Å²) < 4.78 is 0. The van der Waals surface area contributed by atoms with E-state index in [1.165, 1.54) is 6.07 Å². The molecule has 1 aromatic heterocycles. The molecule has 0 unspecified atom stereocenters. The molecule has 1 heterocycles. The number of H-pyrrole nitrogens is 1. The molecule has 0 aliphatic carbocycles. The highest BCUT2D eigenvalue weighted by Crippen LogP contribution is 2.30. The van der Waals surface area contributed by atoms with Gasteiger partial charge < -0.3 is 10.1 Å². The second-order valence-electron chi connectivity index (χ2n) is 3.66. The van der Waals surface area contributed by atoms with Crippen molar-refractivity contribution < 1.29 is 4.92 Å². The number of aromatic nitrogens is 2. The Morgan fingerprint density at radius 2 is 2.14 bits per heavy atom. The van der Waals surface area contributed by atoms with Crippen molar-refractivity contribution in [3.63, 3.8) is 0 Å². The fourth-order valence-corrected chi connectivity index (χ4v) is 1.33. The second-order valence-corrected chi connectivity index (χ2v) is 3.66. The molecule has 0 atom stereocenters. The van der Waals surface area contributed by atoms with Crippen LogP contribution in [0.5, 0.6) is 0 Å². The Kier molecular flexibility index (Phi) is 2.88.